The standard InChI is InChI=1S/C14H11N3O2S/c15-14(18)19-13-12(20-11-7-3-4-8-16-11)9-5-1-2-6-10(9)17-13/h1-8,17H,(H2,15,18). The van der Waals surface area contributed by atoms with Crippen molar-refractivity contribution in [2.75, 3.05) is 0 Å². The summed E-state index contributed by atoms with van der Waals surface area (Å²) in [6.07, 6.45) is 0.866. The second-order valence-electron chi connectivity index (χ2n) is 4.02. The number of ether oxygens (including phenoxy) is 1. The number of fused-ring (bicyclic) bond motifs is 1. The van der Waals surface area contributed by atoms with Crippen LogP contribution < -0.4 is 10.5 Å². The number of nitrogens with zero attached hydrogens (tertiary/aromatic N) is 1. The first-order valence-electron chi connectivity index (χ1n) is 5.91. The number of para-hydroxylation sites is 1. The fourth-order valence-electron chi connectivity index (χ4n) is 1.88. The van der Waals surface area contributed by atoms with Gasteiger partial charge < -0.3 is 15.5 Å². The molecule has 0 atom stereocenters. The van der Waals surface area contributed by atoms with Crippen molar-refractivity contribution in [2.24, 2.45) is 5.73 Å². The Morgan fingerprint density at radius 2 is 2.00 bits per heavy atom. The van der Waals surface area contributed by atoms with Gasteiger partial charge in [0.2, 0.25) is 5.88 Å². The number of nitrogens with two attached hydrogens (primary N) is 1. The van der Waals surface area contributed by atoms with Crippen molar-refractivity contribution in [2.45, 2.75) is 9.92 Å². The summed E-state index contributed by atoms with van der Waals surface area (Å²) in [7, 11) is 0. The number of carbonyl (C=O) groups is 1. The van der Waals surface area contributed by atoms with E-state index in [2.05, 4.69) is 9.97 Å². The van der Waals surface area contributed by atoms with Crippen molar-refractivity contribution in [1.82, 2.24) is 9.97 Å². The van der Waals surface area contributed by atoms with E-state index in [9.17, 15) is 4.79 Å². The van der Waals surface area contributed by atoms with Gasteiger partial charge in [-0.05, 0) is 18.2 Å². The lowest BCUT2D eigenvalue weighted by Crippen LogP contribution is -2.16. The van der Waals surface area contributed by atoms with Crippen molar-refractivity contribution in [1.29, 1.82) is 0 Å². The lowest BCUT2D eigenvalue weighted by Gasteiger charge is -2.03. The molecular formula is C14H11N3O2S. The minimum absolute atomic E-state index is 0.342. The van der Waals surface area contributed by atoms with Gasteiger partial charge in [0.25, 0.3) is 0 Å². The molecule has 0 spiro atoms. The van der Waals surface area contributed by atoms with Gasteiger partial charge in [-0.25, -0.2) is 9.78 Å². The number of nitrogens with one attached hydrogen (secondary N) is 1. The van der Waals surface area contributed by atoms with Gasteiger partial charge >= 0.3 is 6.09 Å². The Kier molecular flexibility index (Phi) is 3.30. The van der Waals surface area contributed by atoms with Crippen molar-refractivity contribution in [3.63, 3.8) is 0 Å². The number of carbonyl (C=O) groups excluding carboxylic acids is 1. The van der Waals surface area contributed by atoms with Gasteiger partial charge in [-0.15, -0.1) is 0 Å². The van der Waals surface area contributed by atoms with Crippen LogP contribution in [0, 0.1) is 0 Å². The summed E-state index contributed by atoms with van der Waals surface area (Å²) in [6, 6.07) is 13.3. The number of aromatic amines is 1. The topological polar surface area (TPSA) is 81.0 Å². The van der Waals surface area contributed by atoms with Crippen LogP contribution in [0.2, 0.25) is 0 Å². The number of aromatic nitrogens is 2. The molecule has 5 nitrogen and oxygen atoms in total. The molecular weight excluding hydrogens is 274 g/mol. The zero-order chi connectivity index (χ0) is 13.9. The van der Waals surface area contributed by atoms with E-state index in [0.29, 0.717) is 5.88 Å². The highest BCUT2D eigenvalue weighted by Crippen LogP contribution is 2.39. The second-order valence-corrected chi connectivity index (χ2v) is 5.05. The summed E-state index contributed by atoms with van der Waals surface area (Å²) < 4.78 is 5.04. The number of primary amides is 1. The van der Waals surface area contributed by atoms with Crippen LogP contribution in [0.25, 0.3) is 10.9 Å². The molecule has 2 heterocycles. The summed E-state index contributed by atoms with van der Waals surface area (Å²) >= 11 is 1.42. The zero-order valence-corrected chi connectivity index (χ0v) is 11.2. The van der Waals surface area contributed by atoms with Gasteiger partial charge in [0.15, 0.2) is 0 Å². The smallest absolute Gasteiger partial charge is 0.392 e. The van der Waals surface area contributed by atoms with E-state index in [4.69, 9.17) is 10.5 Å². The van der Waals surface area contributed by atoms with Gasteiger partial charge in [-0.1, -0.05) is 36.0 Å². The van der Waals surface area contributed by atoms with Gasteiger partial charge in [-0.2, -0.15) is 0 Å². The highest BCUT2D eigenvalue weighted by molar-refractivity contribution is 7.99. The van der Waals surface area contributed by atoms with Crippen LogP contribution >= 0.6 is 11.8 Å². The van der Waals surface area contributed by atoms with Crippen LogP contribution in [0.3, 0.4) is 0 Å². The van der Waals surface area contributed by atoms with Crippen LogP contribution in [0.1, 0.15) is 0 Å². The summed E-state index contributed by atoms with van der Waals surface area (Å²) in [5.74, 6) is 0.342. The minimum Gasteiger partial charge on any atom is -0.392 e. The van der Waals surface area contributed by atoms with Crippen LogP contribution in [-0.2, 0) is 0 Å². The molecule has 0 fully saturated rings. The van der Waals surface area contributed by atoms with E-state index in [-0.39, 0.29) is 0 Å². The van der Waals surface area contributed by atoms with Gasteiger partial charge in [0.05, 0.1) is 4.90 Å². The molecule has 20 heavy (non-hydrogen) atoms. The summed E-state index contributed by atoms with van der Waals surface area (Å²) in [5.41, 5.74) is 5.98. The van der Waals surface area contributed by atoms with E-state index < -0.39 is 6.09 Å². The van der Waals surface area contributed by atoms with Crippen molar-refractivity contribution in [3.05, 3.63) is 48.7 Å². The molecule has 1 amide bonds. The number of hydrogen-bond acceptors (Lipinski definition) is 4. The van der Waals surface area contributed by atoms with Crippen molar-refractivity contribution in [3.8, 4) is 5.88 Å². The average molecular weight is 285 g/mol. The molecule has 100 valence electrons. The number of hydrogen-bond donors (Lipinski definition) is 2. The Morgan fingerprint density at radius 3 is 2.75 bits per heavy atom. The van der Waals surface area contributed by atoms with Gasteiger partial charge in [-0.3, -0.25) is 0 Å². The van der Waals surface area contributed by atoms with Crippen molar-refractivity contribution < 1.29 is 9.53 Å². The maximum atomic E-state index is 11.0. The van der Waals surface area contributed by atoms with E-state index in [1.807, 2.05) is 42.5 Å². The summed E-state index contributed by atoms with van der Waals surface area (Å²) in [4.78, 5) is 19.1. The predicted molar refractivity (Wildman–Crippen MR) is 76.9 cm³/mol. The molecule has 6 heteroatoms. The monoisotopic (exact) mass is 285 g/mol. The molecule has 0 saturated heterocycles. The van der Waals surface area contributed by atoms with E-state index in [0.717, 1.165) is 20.8 Å². The van der Waals surface area contributed by atoms with Crippen molar-refractivity contribution >= 4 is 28.8 Å². The number of H-pyrrole nitrogens is 1. The minimum atomic E-state index is -0.848. The Hall–Kier alpha value is -2.47. The maximum absolute atomic E-state index is 11.0. The van der Waals surface area contributed by atoms with E-state index in [1.54, 1.807) is 6.20 Å². The predicted octanol–water partition coefficient (Wildman–Crippen LogP) is 3.17. The highest BCUT2D eigenvalue weighted by atomic mass is 32.2. The molecule has 0 unspecified atom stereocenters. The zero-order valence-electron chi connectivity index (χ0n) is 10.4. The number of amides is 1. The molecule has 3 aromatic rings. The number of rotatable bonds is 3. The highest BCUT2D eigenvalue weighted by Gasteiger charge is 2.16. The third-order valence-corrected chi connectivity index (χ3v) is 3.73. The molecule has 0 bridgehead atoms. The quantitative estimate of drug-likeness (QED) is 0.774. The molecule has 1 aromatic carbocycles. The largest absolute Gasteiger partial charge is 0.411 e. The Balaban J connectivity index is 2.08. The first-order valence-corrected chi connectivity index (χ1v) is 6.72. The third kappa shape index (κ3) is 2.46. The Bertz CT molecular complexity index is 755. The Labute approximate surface area is 119 Å². The molecule has 0 aliphatic carbocycles. The normalized spacial score (nSPS) is 10.6. The Morgan fingerprint density at radius 1 is 1.20 bits per heavy atom. The summed E-state index contributed by atoms with van der Waals surface area (Å²) in [6.45, 7) is 0. The molecule has 0 aliphatic rings. The lowest BCUT2D eigenvalue weighted by atomic mass is 10.2. The van der Waals surface area contributed by atoms with E-state index >= 15 is 0 Å². The third-order valence-electron chi connectivity index (χ3n) is 2.67. The maximum Gasteiger partial charge on any atom is 0.411 e. The fourth-order valence-corrected chi connectivity index (χ4v) is 2.82. The molecule has 3 rings (SSSR count). The van der Waals surface area contributed by atoms with Gasteiger partial charge in [0, 0.05) is 17.1 Å². The fraction of sp³-hybridized carbons (Fsp3) is 0. The van der Waals surface area contributed by atoms with Crippen LogP contribution in [0.4, 0.5) is 4.79 Å². The molecule has 3 N–H and O–H groups in total. The molecule has 0 radical (unpaired) electrons. The molecule has 2 aromatic heterocycles. The van der Waals surface area contributed by atoms with E-state index in [1.165, 1.54) is 11.8 Å². The van der Waals surface area contributed by atoms with Crippen LogP contribution in [0.5, 0.6) is 5.88 Å². The first kappa shape index (κ1) is 12.6. The SMILES string of the molecule is NC(=O)Oc1[nH]c2ccccc2c1Sc1ccccn1. The second kappa shape index (κ2) is 5.26. The van der Waals surface area contributed by atoms with Gasteiger partial charge in [0.1, 0.15) is 5.03 Å². The lowest BCUT2D eigenvalue weighted by molar-refractivity contribution is 0.208. The summed E-state index contributed by atoms with van der Waals surface area (Å²) in [5, 5.41) is 1.77. The molecule has 0 saturated carbocycles. The van der Waals surface area contributed by atoms with Crippen LogP contribution in [0.15, 0.2) is 58.6 Å². The first-order chi connectivity index (χ1) is 9.74. The number of benzene rings is 1. The average Bonchev–Trinajstić information content (AvgIpc) is 2.77. The molecule has 0 aliphatic heterocycles. The van der Waals surface area contributed by atoms with Crippen LogP contribution in [-0.4, -0.2) is 16.1 Å². The number of pyridine rings is 1.